The van der Waals surface area contributed by atoms with Crippen molar-refractivity contribution in [1.82, 2.24) is 4.98 Å². The Balaban J connectivity index is 1.78. The Labute approximate surface area is 163 Å². The minimum absolute atomic E-state index is 0.0161. The largest absolute Gasteiger partial charge is 0.491 e. The molecule has 0 bridgehead atoms. The summed E-state index contributed by atoms with van der Waals surface area (Å²) in [5.41, 5.74) is 5.18. The van der Waals surface area contributed by atoms with Crippen LogP contribution in [-0.4, -0.2) is 40.3 Å². The van der Waals surface area contributed by atoms with Gasteiger partial charge in [0.15, 0.2) is 5.78 Å². The fourth-order valence-corrected chi connectivity index (χ4v) is 4.10. The van der Waals surface area contributed by atoms with Crippen LogP contribution in [0.4, 0.5) is 0 Å². The number of ketones is 1. The van der Waals surface area contributed by atoms with Crippen LogP contribution in [0.15, 0.2) is 23.8 Å². The number of nitrogens with zero attached hydrogens (tertiary/aromatic N) is 1. The van der Waals surface area contributed by atoms with Gasteiger partial charge in [-0.05, 0) is 48.2 Å². The SMILES string of the molecule is CC1(C)c2cc(OC[C@H](O)CO)ccc2C(=O)c2c1[nH]c1c2CCC(C#N)=C1. The molecular weight excluding hydrogens is 356 g/mol. The number of carbonyl (C=O) groups is 1. The van der Waals surface area contributed by atoms with Crippen LogP contribution >= 0.6 is 0 Å². The molecule has 28 heavy (non-hydrogen) atoms. The van der Waals surface area contributed by atoms with Gasteiger partial charge in [-0.3, -0.25) is 4.79 Å². The molecule has 0 saturated heterocycles. The van der Waals surface area contributed by atoms with Crippen LogP contribution in [0.3, 0.4) is 0 Å². The molecule has 2 aliphatic rings. The Hall–Kier alpha value is -2.88. The van der Waals surface area contributed by atoms with Crippen molar-refractivity contribution in [2.24, 2.45) is 0 Å². The van der Waals surface area contributed by atoms with E-state index in [1.54, 1.807) is 12.1 Å². The Bertz CT molecular complexity index is 1040. The van der Waals surface area contributed by atoms with Crippen molar-refractivity contribution >= 4 is 11.9 Å². The Morgan fingerprint density at radius 1 is 1.36 bits per heavy atom. The Kier molecular flexibility index (Phi) is 4.37. The first-order valence-electron chi connectivity index (χ1n) is 9.33. The van der Waals surface area contributed by atoms with Gasteiger partial charge in [-0.25, -0.2) is 0 Å². The highest BCUT2D eigenvalue weighted by atomic mass is 16.5. The standard InChI is InChI=1S/C22H22N2O4/c1-22(2)17-8-14(28-11-13(26)10-25)4-6-15(17)20(27)19-16-5-3-12(9-23)7-18(16)24-21(19)22/h4,6-8,13,24-26H,3,5,10-11H2,1-2H3/t13-/m1/s1. The molecule has 1 aromatic carbocycles. The number of aromatic amines is 1. The smallest absolute Gasteiger partial charge is 0.195 e. The number of H-pyrrole nitrogens is 1. The van der Waals surface area contributed by atoms with Crippen LogP contribution in [-0.2, 0) is 11.8 Å². The highest BCUT2D eigenvalue weighted by Crippen LogP contribution is 2.45. The molecule has 0 radical (unpaired) electrons. The monoisotopic (exact) mass is 378 g/mol. The van der Waals surface area contributed by atoms with Gasteiger partial charge in [0.05, 0.1) is 12.7 Å². The van der Waals surface area contributed by atoms with Crippen molar-refractivity contribution in [2.75, 3.05) is 13.2 Å². The fraction of sp³-hybridized carbons (Fsp3) is 0.364. The summed E-state index contributed by atoms with van der Waals surface area (Å²) in [6, 6.07) is 7.52. The van der Waals surface area contributed by atoms with Crippen LogP contribution in [0.25, 0.3) is 6.08 Å². The van der Waals surface area contributed by atoms with Crippen LogP contribution < -0.4 is 4.74 Å². The maximum absolute atomic E-state index is 13.3. The van der Waals surface area contributed by atoms with E-state index in [1.807, 2.05) is 12.1 Å². The number of ether oxygens (including phenoxy) is 1. The lowest BCUT2D eigenvalue weighted by Gasteiger charge is -2.32. The van der Waals surface area contributed by atoms with E-state index >= 15 is 0 Å². The quantitative estimate of drug-likeness (QED) is 0.758. The molecular formula is C22H22N2O4. The highest BCUT2D eigenvalue weighted by Gasteiger charge is 2.41. The van der Waals surface area contributed by atoms with Crippen LogP contribution in [0.5, 0.6) is 5.75 Å². The molecule has 6 nitrogen and oxygen atoms in total. The third kappa shape index (κ3) is 2.75. The van der Waals surface area contributed by atoms with Gasteiger partial charge in [-0.15, -0.1) is 0 Å². The molecule has 1 aromatic heterocycles. The number of nitrogens with one attached hydrogen (secondary N) is 1. The maximum Gasteiger partial charge on any atom is 0.195 e. The number of nitriles is 1. The van der Waals surface area contributed by atoms with Gasteiger partial charge < -0.3 is 19.9 Å². The van der Waals surface area contributed by atoms with Crippen molar-refractivity contribution in [3.05, 3.63) is 57.4 Å². The van der Waals surface area contributed by atoms with E-state index in [9.17, 15) is 15.2 Å². The van der Waals surface area contributed by atoms with Crippen molar-refractivity contribution in [1.29, 1.82) is 5.26 Å². The number of aliphatic hydroxyl groups is 2. The average molecular weight is 378 g/mol. The molecule has 0 saturated carbocycles. The first kappa shape index (κ1) is 18.5. The molecule has 4 rings (SSSR count). The summed E-state index contributed by atoms with van der Waals surface area (Å²) in [5.74, 6) is 0.524. The number of carbonyl (C=O) groups excluding carboxylic acids is 1. The first-order valence-corrected chi connectivity index (χ1v) is 9.33. The van der Waals surface area contributed by atoms with Crippen molar-refractivity contribution < 1.29 is 19.7 Å². The molecule has 0 aliphatic heterocycles. The van der Waals surface area contributed by atoms with E-state index < -0.39 is 11.5 Å². The number of rotatable bonds is 4. The minimum Gasteiger partial charge on any atom is -0.491 e. The predicted molar refractivity (Wildman–Crippen MR) is 103 cm³/mol. The molecule has 6 heteroatoms. The van der Waals surface area contributed by atoms with Gasteiger partial charge in [0.2, 0.25) is 0 Å². The Morgan fingerprint density at radius 2 is 2.14 bits per heavy atom. The summed E-state index contributed by atoms with van der Waals surface area (Å²) < 4.78 is 5.57. The third-order valence-electron chi connectivity index (χ3n) is 5.66. The topological polar surface area (TPSA) is 106 Å². The average Bonchev–Trinajstić information content (AvgIpc) is 3.10. The number of hydrogen-bond donors (Lipinski definition) is 3. The molecule has 1 heterocycles. The Morgan fingerprint density at radius 3 is 2.86 bits per heavy atom. The maximum atomic E-state index is 13.3. The van der Waals surface area contributed by atoms with Crippen molar-refractivity contribution in [3.63, 3.8) is 0 Å². The number of aliphatic hydroxyl groups excluding tert-OH is 2. The highest BCUT2D eigenvalue weighted by molar-refractivity contribution is 6.14. The molecule has 0 spiro atoms. The molecule has 0 fully saturated rings. The molecule has 2 aliphatic carbocycles. The molecule has 0 unspecified atom stereocenters. The summed E-state index contributed by atoms with van der Waals surface area (Å²) in [7, 11) is 0. The number of aromatic nitrogens is 1. The molecule has 3 N–H and O–H groups in total. The van der Waals surface area contributed by atoms with Gasteiger partial charge in [0.1, 0.15) is 18.5 Å². The lowest BCUT2D eigenvalue weighted by Crippen LogP contribution is -2.31. The van der Waals surface area contributed by atoms with Crippen LogP contribution in [0, 0.1) is 11.3 Å². The zero-order valence-corrected chi connectivity index (χ0v) is 15.9. The van der Waals surface area contributed by atoms with E-state index in [0.717, 1.165) is 28.1 Å². The van der Waals surface area contributed by atoms with Crippen LogP contribution in [0.1, 0.15) is 58.7 Å². The zero-order chi connectivity index (χ0) is 20.1. The van der Waals surface area contributed by atoms with E-state index in [0.29, 0.717) is 29.7 Å². The summed E-state index contributed by atoms with van der Waals surface area (Å²) in [5, 5.41) is 27.7. The van der Waals surface area contributed by atoms with E-state index in [2.05, 4.69) is 24.9 Å². The minimum atomic E-state index is -0.950. The second-order valence-electron chi connectivity index (χ2n) is 7.86. The molecule has 2 aromatic rings. The lowest BCUT2D eigenvalue weighted by atomic mass is 9.70. The van der Waals surface area contributed by atoms with Gasteiger partial charge in [-0.1, -0.05) is 13.8 Å². The number of benzene rings is 1. The predicted octanol–water partition coefficient (Wildman–Crippen LogP) is 2.47. The molecule has 0 amide bonds. The number of allylic oxidation sites excluding steroid dienone is 1. The first-order chi connectivity index (χ1) is 13.4. The van der Waals surface area contributed by atoms with Gasteiger partial charge in [0, 0.05) is 33.5 Å². The van der Waals surface area contributed by atoms with Gasteiger partial charge in [-0.2, -0.15) is 5.26 Å². The number of hydrogen-bond acceptors (Lipinski definition) is 5. The third-order valence-corrected chi connectivity index (χ3v) is 5.66. The number of fused-ring (bicyclic) bond motifs is 4. The normalized spacial score (nSPS) is 17.7. The van der Waals surface area contributed by atoms with Gasteiger partial charge >= 0.3 is 0 Å². The van der Waals surface area contributed by atoms with Crippen molar-refractivity contribution in [3.8, 4) is 11.8 Å². The fourth-order valence-electron chi connectivity index (χ4n) is 4.10. The summed E-state index contributed by atoms with van der Waals surface area (Å²) in [6.45, 7) is 3.72. The zero-order valence-electron chi connectivity index (χ0n) is 15.9. The summed E-state index contributed by atoms with van der Waals surface area (Å²) in [4.78, 5) is 16.7. The van der Waals surface area contributed by atoms with E-state index in [4.69, 9.17) is 9.84 Å². The van der Waals surface area contributed by atoms with E-state index in [1.165, 1.54) is 0 Å². The van der Waals surface area contributed by atoms with Gasteiger partial charge in [0.25, 0.3) is 0 Å². The molecule has 1 atom stereocenters. The van der Waals surface area contributed by atoms with E-state index in [-0.39, 0.29) is 19.0 Å². The summed E-state index contributed by atoms with van der Waals surface area (Å²) in [6.07, 6.45) is 2.22. The summed E-state index contributed by atoms with van der Waals surface area (Å²) >= 11 is 0. The lowest BCUT2D eigenvalue weighted by molar-refractivity contribution is 0.0535. The van der Waals surface area contributed by atoms with Crippen LogP contribution in [0.2, 0.25) is 0 Å². The molecule has 144 valence electrons. The van der Waals surface area contributed by atoms with Crippen molar-refractivity contribution in [2.45, 2.75) is 38.2 Å². The second kappa shape index (κ2) is 6.62. The second-order valence-corrected chi connectivity index (χ2v) is 7.86.